The lowest BCUT2D eigenvalue weighted by Gasteiger charge is -2.15. The van der Waals surface area contributed by atoms with Gasteiger partial charge in [0.15, 0.2) is 10.8 Å². The van der Waals surface area contributed by atoms with Gasteiger partial charge in [0, 0.05) is 37.0 Å². The van der Waals surface area contributed by atoms with E-state index < -0.39 is 0 Å². The van der Waals surface area contributed by atoms with E-state index in [9.17, 15) is 9.59 Å². The van der Waals surface area contributed by atoms with Crippen LogP contribution in [-0.2, 0) is 11.3 Å². The van der Waals surface area contributed by atoms with Crippen molar-refractivity contribution >= 4 is 38.4 Å². The van der Waals surface area contributed by atoms with Crippen molar-refractivity contribution in [3.05, 3.63) is 34.9 Å². The third-order valence-corrected chi connectivity index (χ3v) is 5.45. The highest BCUT2D eigenvalue weighted by Gasteiger charge is 2.15. The van der Waals surface area contributed by atoms with Gasteiger partial charge in [-0.2, -0.15) is 4.98 Å². The number of amides is 1. The number of hydrogen-bond acceptors (Lipinski definition) is 8. The molecule has 0 saturated heterocycles. The van der Waals surface area contributed by atoms with Crippen molar-refractivity contribution in [2.24, 2.45) is 0 Å². The van der Waals surface area contributed by atoms with Crippen molar-refractivity contribution in [3.8, 4) is 11.5 Å². The van der Waals surface area contributed by atoms with Crippen LogP contribution in [0.2, 0.25) is 0 Å². The Morgan fingerprint density at radius 3 is 2.41 bits per heavy atom. The van der Waals surface area contributed by atoms with Crippen molar-refractivity contribution in [1.82, 2.24) is 14.5 Å². The molecule has 0 aliphatic rings. The molecular weight excluding hydrogens is 394 g/mol. The summed E-state index contributed by atoms with van der Waals surface area (Å²) in [5.41, 5.74) is 0.621. The van der Waals surface area contributed by atoms with E-state index in [1.165, 1.54) is 36.5 Å². The Bertz CT molecular complexity index is 1050. The molecule has 1 amide bonds. The van der Waals surface area contributed by atoms with E-state index >= 15 is 0 Å². The number of carbonyl (C=O) groups excluding carboxylic acids is 1. The largest absolute Gasteiger partial charge is 0.497 e. The second-order valence-corrected chi connectivity index (χ2v) is 7.13. The monoisotopic (exact) mass is 417 g/mol. The van der Waals surface area contributed by atoms with Crippen molar-refractivity contribution in [2.45, 2.75) is 20.4 Å². The van der Waals surface area contributed by atoms with Gasteiger partial charge in [0.05, 0.1) is 14.2 Å². The van der Waals surface area contributed by atoms with Gasteiger partial charge in [-0.05, 0) is 13.8 Å². The number of aromatic nitrogens is 3. The number of rotatable bonds is 8. The van der Waals surface area contributed by atoms with Crippen LogP contribution in [0.15, 0.2) is 29.3 Å². The van der Waals surface area contributed by atoms with E-state index in [1.54, 1.807) is 18.2 Å². The molecular formula is C19H23N5O4S. The number of fused-ring (bicyclic) bond motifs is 1. The van der Waals surface area contributed by atoms with Gasteiger partial charge in [0.2, 0.25) is 5.91 Å². The van der Waals surface area contributed by atoms with Crippen molar-refractivity contribution in [3.63, 3.8) is 0 Å². The second-order valence-electron chi connectivity index (χ2n) is 6.15. The topological polar surface area (TPSA) is 98.6 Å². The molecule has 0 unspecified atom stereocenters. The molecule has 29 heavy (non-hydrogen) atoms. The molecule has 3 rings (SSSR count). The summed E-state index contributed by atoms with van der Waals surface area (Å²) < 4.78 is 12.1. The summed E-state index contributed by atoms with van der Waals surface area (Å²) in [7, 11) is 3.06. The summed E-state index contributed by atoms with van der Waals surface area (Å²) in [4.78, 5) is 36.0. The molecule has 154 valence electrons. The van der Waals surface area contributed by atoms with E-state index in [4.69, 9.17) is 9.47 Å². The van der Waals surface area contributed by atoms with Crippen LogP contribution in [0.1, 0.15) is 13.8 Å². The van der Waals surface area contributed by atoms with Crippen LogP contribution in [0, 0.1) is 0 Å². The number of benzene rings is 1. The summed E-state index contributed by atoms with van der Waals surface area (Å²) in [5, 5.41) is 3.50. The number of thiazole rings is 1. The number of methoxy groups -OCH3 is 2. The van der Waals surface area contributed by atoms with Crippen LogP contribution in [0.25, 0.3) is 10.3 Å². The number of carbonyl (C=O) groups is 1. The number of nitrogens with one attached hydrogen (secondary N) is 1. The predicted octanol–water partition coefficient (Wildman–Crippen LogP) is 2.36. The highest BCUT2D eigenvalue weighted by Crippen LogP contribution is 2.26. The first kappa shape index (κ1) is 20.6. The van der Waals surface area contributed by atoms with E-state index in [-0.39, 0.29) is 18.0 Å². The smallest absolute Gasteiger partial charge is 0.273 e. The summed E-state index contributed by atoms with van der Waals surface area (Å²) in [5.74, 6) is 0.735. The van der Waals surface area contributed by atoms with E-state index in [1.807, 2.05) is 13.8 Å². The lowest BCUT2D eigenvalue weighted by molar-refractivity contribution is -0.116. The van der Waals surface area contributed by atoms with Gasteiger partial charge in [0.25, 0.3) is 5.56 Å². The molecule has 0 aliphatic carbocycles. The van der Waals surface area contributed by atoms with Gasteiger partial charge < -0.3 is 19.7 Å². The Hall–Kier alpha value is -3.14. The average molecular weight is 417 g/mol. The minimum Gasteiger partial charge on any atom is -0.497 e. The molecule has 9 nitrogen and oxygen atoms in total. The number of anilines is 2. The van der Waals surface area contributed by atoms with Crippen LogP contribution < -0.4 is 25.2 Å². The number of hydrogen-bond donors (Lipinski definition) is 1. The highest BCUT2D eigenvalue weighted by molar-refractivity contribution is 7.22. The Balaban J connectivity index is 1.82. The molecule has 0 fully saturated rings. The molecule has 0 spiro atoms. The first-order chi connectivity index (χ1) is 14.0. The second kappa shape index (κ2) is 8.91. The molecule has 1 aromatic carbocycles. The van der Waals surface area contributed by atoms with E-state index in [0.717, 1.165) is 18.2 Å². The highest BCUT2D eigenvalue weighted by atomic mass is 32.1. The van der Waals surface area contributed by atoms with E-state index in [0.29, 0.717) is 27.5 Å². The standard InChI is InChI=1S/C19H23N5O4S/c1-5-23(6-2)19-22-17-16(29-19)18(26)24(11-20-17)10-15(25)21-12-7-13(27-3)9-14(8-12)28-4/h7-9,11H,5-6,10H2,1-4H3,(H,21,25). The Labute approximate surface area is 171 Å². The SMILES string of the molecule is CCN(CC)c1nc2ncn(CC(=O)Nc3cc(OC)cc(OC)c3)c(=O)c2s1. The van der Waals surface area contributed by atoms with Gasteiger partial charge in [-0.1, -0.05) is 11.3 Å². The van der Waals surface area contributed by atoms with Crippen molar-refractivity contribution < 1.29 is 14.3 Å². The van der Waals surface area contributed by atoms with Gasteiger partial charge >= 0.3 is 0 Å². The molecule has 1 N–H and O–H groups in total. The fourth-order valence-electron chi connectivity index (χ4n) is 2.81. The third-order valence-electron chi connectivity index (χ3n) is 4.36. The lowest BCUT2D eigenvalue weighted by Crippen LogP contribution is -2.27. The quantitative estimate of drug-likeness (QED) is 0.601. The fourth-order valence-corrected chi connectivity index (χ4v) is 3.91. The molecule has 10 heteroatoms. The number of ether oxygens (including phenoxy) is 2. The number of nitrogens with zero attached hydrogens (tertiary/aromatic N) is 4. The van der Waals surface area contributed by atoms with Gasteiger partial charge in [-0.25, -0.2) is 4.98 Å². The van der Waals surface area contributed by atoms with Crippen LogP contribution in [0.5, 0.6) is 11.5 Å². The maximum Gasteiger partial charge on any atom is 0.273 e. The molecule has 2 aromatic heterocycles. The molecule has 0 radical (unpaired) electrons. The predicted molar refractivity (Wildman–Crippen MR) is 113 cm³/mol. The summed E-state index contributed by atoms with van der Waals surface area (Å²) in [6.45, 7) is 5.46. The van der Waals surface area contributed by atoms with Crippen molar-refractivity contribution in [1.29, 1.82) is 0 Å². The lowest BCUT2D eigenvalue weighted by atomic mass is 10.2. The Morgan fingerprint density at radius 2 is 1.83 bits per heavy atom. The molecule has 0 bridgehead atoms. The third kappa shape index (κ3) is 4.48. The van der Waals surface area contributed by atoms with Crippen LogP contribution >= 0.6 is 11.3 Å². The zero-order chi connectivity index (χ0) is 21.0. The average Bonchev–Trinajstić information content (AvgIpc) is 3.15. The zero-order valence-electron chi connectivity index (χ0n) is 16.8. The first-order valence-electron chi connectivity index (χ1n) is 9.12. The van der Waals surface area contributed by atoms with Crippen LogP contribution in [0.4, 0.5) is 10.8 Å². The summed E-state index contributed by atoms with van der Waals surface area (Å²) >= 11 is 1.29. The zero-order valence-corrected chi connectivity index (χ0v) is 17.6. The minimum atomic E-state index is -0.364. The normalized spacial score (nSPS) is 10.8. The summed E-state index contributed by atoms with van der Waals surface area (Å²) in [6, 6.07) is 5.05. The Kier molecular flexibility index (Phi) is 6.32. The molecule has 2 heterocycles. The fraction of sp³-hybridized carbons (Fsp3) is 0.368. The first-order valence-corrected chi connectivity index (χ1v) is 9.94. The Morgan fingerprint density at radius 1 is 1.17 bits per heavy atom. The minimum absolute atomic E-state index is 0.167. The van der Waals surface area contributed by atoms with Crippen molar-refractivity contribution in [2.75, 3.05) is 37.5 Å². The molecule has 0 saturated carbocycles. The maximum atomic E-state index is 12.8. The van der Waals surface area contributed by atoms with E-state index in [2.05, 4.69) is 20.2 Å². The summed E-state index contributed by atoms with van der Waals surface area (Å²) in [6.07, 6.45) is 1.35. The van der Waals surface area contributed by atoms with Crippen LogP contribution in [0.3, 0.4) is 0 Å². The van der Waals surface area contributed by atoms with Gasteiger partial charge in [0.1, 0.15) is 29.1 Å². The molecule has 3 aromatic rings. The van der Waals surface area contributed by atoms with Gasteiger partial charge in [-0.3, -0.25) is 14.2 Å². The van der Waals surface area contributed by atoms with Gasteiger partial charge in [-0.15, -0.1) is 0 Å². The molecule has 0 aliphatic heterocycles. The maximum absolute atomic E-state index is 12.8. The van der Waals surface area contributed by atoms with Crippen LogP contribution in [-0.4, -0.2) is 47.8 Å². The molecule has 0 atom stereocenters.